The predicted octanol–water partition coefficient (Wildman–Crippen LogP) is 3.99. The molecule has 0 fully saturated rings. The first-order valence-corrected chi connectivity index (χ1v) is 6.01. The average Bonchev–Trinajstić information content (AvgIpc) is 2.17. The lowest BCUT2D eigenvalue weighted by Gasteiger charge is -2.14. The van der Waals surface area contributed by atoms with Crippen molar-refractivity contribution < 1.29 is 18.0 Å². The smallest absolute Gasteiger partial charge is 0.300 e. The van der Waals surface area contributed by atoms with Gasteiger partial charge in [-0.2, -0.15) is 13.2 Å². The highest BCUT2D eigenvalue weighted by molar-refractivity contribution is 8.00. The molecule has 0 atom stereocenters. The van der Waals surface area contributed by atoms with Gasteiger partial charge < -0.3 is 0 Å². The van der Waals surface area contributed by atoms with Gasteiger partial charge in [0, 0.05) is 11.3 Å². The zero-order valence-corrected chi connectivity index (χ0v) is 10.4. The normalized spacial score (nSPS) is 11.6. The minimum absolute atomic E-state index is 0.0479. The number of hydrogen-bond acceptors (Lipinski definition) is 2. The molecular weight excluding hydrogens is 249 g/mol. The van der Waals surface area contributed by atoms with Crippen molar-refractivity contribution in [1.29, 1.82) is 0 Å². The summed E-state index contributed by atoms with van der Waals surface area (Å²) in [5.74, 6) is -0.137. The summed E-state index contributed by atoms with van der Waals surface area (Å²) in [5.41, 5.74) is -3.23. The van der Waals surface area contributed by atoms with Gasteiger partial charge in [-0.3, -0.25) is 4.79 Å². The van der Waals surface area contributed by atoms with Crippen molar-refractivity contribution in [3.05, 3.63) is 29.3 Å². The summed E-state index contributed by atoms with van der Waals surface area (Å²) >= 11 is -0.132. The lowest BCUT2D eigenvalue weighted by Crippen LogP contribution is -2.06. The van der Waals surface area contributed by atoms with Crippen molar-refractivity contribution in [1.82, 2.24) is 0 Å². The third-order valence-electron chi connectivity index (χ3n) is 2.22. The fraction of sp³-hybridized carbons (Fsp3) is 0.417. The number of halogens is 3. The molecule has 5 heteroatoms. The molecule has 0 bridgehead atoms. The van der Waals surface area contributed by atoms with Crippen LogP contribution in [0.25, 0.3) is 0 Å². The van der Waals surface area contributed by atoms with Gasteiger partial charge in [0.1, 0.15) is 5.78 Å². The largest absolute Gasteiger partial charge is 0.446 e. The van der Waals surface area contributed by atoms with Crippen LogP contribution in [0, 0.1) is 0 Å². The van der Waals surface area contributed by atoms with Crippen LogP contribution in [0.2, 0.25) is 0 Å². The van der Waals surface area contributed by atoms with Crippen LogP contribution in [0.4, 0.5) is 13.2 Å². The highest BCUT2D eigenvalue weighted by Crippen LogP contribution is 2.40. The Morgan fingerprint density at radius 2 is 1.88 bits per heavy atom. The van der Waals surface area contributed by atoms with Crippen molar-refractivity contribution in [2.24, 2.45) is 0 Å². The van der Waals surface area contributed by atoms with Crippen molar-refractivity contribution in [3.63, 3.8) is 0 Å². The minimum Gasteiger partial charge on any atom is -0.300 e. The molecule has 0 radical (unpaired) electrons. The Morgan fingerprint density at radius 3 is 2.35 bits per heavy atom. The fourth-order valence-corrected chi connectivity index (χ4v) is 2.42. The van der Waals surface area contributed by atoms with E-state index < -0.39 is 5.51 Å². The molecule has 0 heterocycles. The number of carbonyl (C=O) groups is 1. The number of alkyl halides is 3. The molecule has 0 aliphatic carbocycles. The number of rotatable bonds is 4. The zero-order chi connectivity index (χ0) is 13.1. The van der Waals surface area contributed by atoms with Crippen LogP contribution in [0.5, 0.6) is 0 Å². The summed E-state index contributed by atoms with van der Waals surface area (Å²) in [4.78, 5) is 11.2. The van der Waals surface area contributed by atoms with E-state index in [9.17, 15) is 18.0 Å². The summed E-state index contributed by atoms with van der Waals surface area (Å²) in [6.07, 6.45) is 0.566. The molecule has 1 nitrogen and oxygen atoms in total. The first-order valence-electron chi connectivity index (χ1n) is 5.19. The van der Waals surface area contributed by atoms with Gasteiger partial charge in [0.25, 0.3) is 0 Å². The third-order valence-corrected chi connectivity index (χ3v) is 3.18. The van der Waals surface area contributed by atoms with Gasteiger partial charge in [-0.15, -0.1) is 0 Å². The molecule has 0 N–H and O–H groups in total. The van der Waals surface area contributed by atoms with E-state index in [0.29, 0.717) is 17.5 Å². The number of benzene rings is 1. The van der Waals surface area contributed by atoms with E-state index in [2.05, 4.69) is 0 Å². The molecule has 0 aliphatic rings. The summed E-state index contributed by atoms with van der Waals surface area (Å²) in [7, 11) is 0. The number of Topliss-reactive ketones (excluding diaryl/α,β-unsaturated/α-hetero) is 1. The van der Waals surface area contributed by atoms with E-state index in [1.54, 1.807) is 25.1 Å². The molecule has 0 unspecified atom stereocenters. The molecule has 1 rings (SSSR count). The van der Waals surface area contributed by atoms with Gasteiger partial charge in [0.15, 0.2) is 0 Å². The monoisotopic (exact) mass is 262 g/mol. The lowest BCUT2D eigenvalue weighted by molar-refractivity contribution is -0.116. The zero-order valence-electron chi connectivity index (χ0n) is 9.60. The first-order chi connectivity index (χ1) is 7.83. The van der Waals surface area contributed by atoms with Crippen molar-refractivity contribution in [2.45, 2.75) is 37.1 Å². The van der Waals surface area contributed by atoms with Crippen LogP contribution in [0.15, 0.2) is 23.1 Å². The highest BCUT2D eigenvalue weighted by Gasteiger charge is 2.31. The fourth-order valence-electron chi connectivity index (χ4n) is 1.57. The maximum absolute atomic E-state index is 12.5. The van der Waals surface area contributed by atoms with E-state index in [-0.39, 0.29) is 28.9 Å². The third kappa shape index (κ3) is 4.42. The number of ketones is 1. The SMILES string of the molecule is CCc1cccc(CC(C)=O)c1SC(F)(F)F. The summed E-state index contributed by atoms with van der Waals surface area (Å²) in [6.45, 7) is 3.17. The molecule has 94 valence electrons. The number of thioether (sulfide) groups is 1. The van der Waals surface area contributed by atoms with E-state index in [0.717, 1.165) is 0 Å². The van der Waals surface area contributed by atoms with Gasteiger partial charge in [-0.1, -0.05) is 25.1 Å². The van der Waals surface area contributed by atoms with Gasteiger partial charge in [-0.05, 0) is 36.2 Å². The molecule has 0 amide bonds. The van der Waals surface area contributed by atoms with E-state index in [1.807, 2.05) is 0 Å². The van der Waals surface area contributed by atoms with Crippen LogP contribution in [0.3, 0.4) is 0 Å². The van der Waals surface area contributed by atoms with Crippen LogP contribution >= 0.6 is 11.8 Å². The Labute approximate surface area is 102 Å². The lowest BCUT2D eigenvalue weighted by atomic mass is 10.0. The predicted molar refractivity (Wildman–Crippen MR) is 62.1 cm³/mol. The molecular formula is C12H13F3OS. The van der Waals surface area contributed by atoms with Crippen LogP contribution < -0.4 is 0 Å². The summed E-state index contributed by atoms with van der Waals surface area (Å²) in [6, 6.07) is 4.93. The number of aryl methyl sites for hydroxylation is 1. The molecule has 0 saturated heterocycles. The van der Waals surface area contributed by atoms with Gasteiger partial charge in [-0.25, -0.2) is 0 Å². The van der Waals surface area contributed by atoms with E-state index >= 15 is 0 Å². The summed E-state index contributed by atoms with van der Waals surface area (Å²) < 4.78 is 37.4. The van der Waals surface area contributed by atoms with Crippen LogP contribution in [-0.2, 0) is 17.6 Å². The molecule has 0 aromatic heterocycles. The molecule has 0 aliphatic heterocycles. The second kappa shape index (κ2) is 5.58. The van der Waals surface area contributed by atoms with Crippen molar-refractivity contribution in [3.8, 4) is 0 Å². The van der Waals surface area contributed by atoms with Gasteiger partial charge in [0.05, 0.1) is 0 Å². The Morgan fingerprint density at radius 1 is 1.29 bits per heavy atom. The quantitative estimate of drug-likeness (QED) is 0.763. The number of hydrogen-bond donors (Lipinski definition) is 0. The maximum atomic E-state index is 12.5. The van der Waals surface area contributed by atoms with Crippen LogP contribution in [0.1, 0.15) is 25.0 Å². The molecule has 0 spiro atoms. The van der Waals surface area contributed by atoms with Crippen LogP contribution in [-0.4, -0.2) is 11.3 Å². The van der Waals surface area contributed by atoms with E-state index in [4.69, 9.17) is 0 Å². The average molecular weight is 262 g/mol. The Balaban J connectivity index is 3.15. The second-order valence-electron chi connectivity index (χ2n) is 3.69. The summed E-state index contributed by atoms with van der Waals surface area (Å²) in [5, 5.41) is 0. The molecule has 17 heavy (non-hydrogen) atoms. The molecule has 0 saturated carbocycles. The standard InChI is InChI=1S/C12H13F3OS/c1-3-9-5-4-6-10(7-8(2)16)11(9)17-12(13,14)15/h4-6H,3,7H2,1-2H3. The maximum Gasteiger partial charge on any atom is 0.446 e. The van der Waals surface area contributed by atoms with Gasteiger partial charge in [0.2, 0.25) is 0 Å². The topological polar surface area (TPSA) is 17.1 Å². The second-order valence-corrected chi connectivity index (χ2v) is 4.76. The Kier molecular flexibility index (Phi) is 4.62. The molecule has 1 aromatic carbocycles. The Hall–Kier alpha value is -0.970. The van der Waals surface area contributed by atoms with Crippen molar-refractivity contribution in [2.75, 3.05) is 0 Å². The minimum atomic E-state index is -4.32. The van der Waals surface area contributed by atoms with Crippen molar-refractivity contribution >= 4 is 17.5 Å². The number of carbonyl (C=O) groups excluding carboxylic acids is 1. The highest BCUT2D eigenvalue weighted by atomic mass is 32.2. The Bertz CT molecular complexity index is 413. The van der Waals surface area contributed by atoms with E-state index in [1.165, 1.54) is 6.92 Å². The molecule has 1 aromatic rings. The first kappa shape index (κ1) is 14.1. The van der Waals surface area contributed by atoms with Gasteiger partial charge >= 0.3 is 5.51 Å².